The van der Waals surface area contributed by atoms with Crippen LogP contribution in [0.25, 0.3) is 0 Å². The number of hydrogen-bond donors (Lipinski definition) is 2. The van der Waals surface area contributed by atoms with Crippen molar-refractivity contribution in [3.05, 3.63) is 22.7 Å². The van der Waals surface area contributed by atoms with Crippen molar-refractivity contribution in [3.8, 4) is 5.75 Å². The molecule has 21 heavy (non-hydrogen) atoms. The van der Waals surface area contributed by atoms with Crippen LogP contribution in [0.4, 0.5) is 5.69 Å². The summed E-state index contributed by atoms with van der Waals surface area (Å²) >= 11 is 3.43. The summed E-state index contributed by atoms with van der Waals surface area (Å²) < 4.78 is 12.0. The highest BCUT2D eigenvalue weighted by Gasteiger charge is 2.28. The highest BCUT2D eigenvalue weighted by Crippen LogP contribution is 2.26. The van der Waals surface area contributed by atoms with E-state index in [2.05, 4.69) is 26.6 Å². The van der Waals surface area contributed by atoms with Gasteiger partial charge < -0.3 is 20.1 Å². The highest BCUT2D eigenvalue weighted by atomic mass is 79.9. The molecule has 5 nitrogen and oxygen atoms in total. The maximum absolute atomic E-state index is 12.3. The van der Waals surface area contributed by atoms with E-state index in [1.165, 1.54) is 0 Å². The molecule has 0 spiro atoms. The molecule has 0 radical (unpaired) electrons. The number of carbonyl (C=O) groups excluding carboxylic acids is 1. The predicted octanol–water partition coefficient (Wildman–Crippen LogP) is 2.55. The van der Waals surface area contributed by atoms with Crippen LogP contribution in [-0.2, 0) is 9.53 Å². The van der Waals surface area contributed by atoms with Gasteiger partial charge in [0.2, 0.25) is 5.91 Å². The molecule has 1 aliphatic heterocycles. The summed E-state index contributed by atoms with van der Waals surface area (Å²) in [6.07, 6.45) is -0.0615. The zero-order valence-electron chi connectivity index (χ0n) is 12.5. The molecule has 0 saturated carbocycles. The third-order valence-corrected chi connectivity index (χ3v) is 3.57. The topological polar surface area (TPSA) is 59.6 Å². The van der Waals surface area contributed by atoms with E-state index in [0.717, 1.165) is 10.2 Å². The van der Waals surface area contributed by atoms with Gasteiger partial charge in [-0.1, -0.05) is 15.9 Å². The molecule has 0 aromatic heterocycles. The van der Waals surface area contributed by atoms with Gasteiger partial charge in [0, 0.05) is 22.8 Å². The van der Waals surface area contributed by atoms with E-state index in [1.807, 2.05) is 39.0 Å². The zero-order valence-corrected chi connectivity index (χ0v) is 14.1. The molecular formula is C15H21BrN2O3. The Morgan fingerprint density at radius 1 is 1.48 bits per heavy atom. The minimum atomic E-state index is -0.341. The molecule has 1 aromatic carbocycles. The SMILES string of the molecule is CC(C)Oc1cc(Br)cc(NC(=O)[C@H]2NCCO[C@@H]2C)c1. The van der Waals surface area contributed by atoms with Gasteiger partial charge in [0.15, 0.2) is 0 Å². The molecular weight excluding hydrogens is 336 g/mol. The third-order valence-electron chi connectivity index (χ3n) is 3.11. The summed E-state index contributed by atoms with van der Waals surface area (Å²) in [4.78, 5) is 12.3. The Balaban J connectivity index is 2.07. The van der Waals surface area contributed by atoms with Gasteiger partial charge in [-0.25, -0.2) is 0 Å². The van der Waals surface area contributed by atoms with Crippen molar-refractivity contribution in [1.29, 1.82) is 0 Å². The van der Waals surface area contributed by atoms with Crippen LogP contribution < -0.4 is 15.4 Å². The van der Waals surface area contributed by atoms with Gasteiger partial charge in [-0.05, 0) is 32.9 Å². The molecule has 1 amide bonds. The van der Waals surface area contributed by atoms with E-state index < -0.39 is 0 Å². The second kappa shape index (κ2) is 7.24. The van der Waals surface area contributed by atoms with Gasteiger partial charge in [-0.3, -0.25) is 4.79 Å². The van der Waals surface area contributed by atoms with Gasteiger partial charge in [0.1, 0.15) is 11.8 Å². The summed E-state index contributed by atoms with van der Waals surface area (Å²) in [6.45, 7) is 7.13. The first-order valence-electron chi connectivity index (χ1n) is 7.09. The number of carbonyl (C=O) groups is 1. The first-order valence-corrected chi connectivity index (χ1v) is 7.88. The molecule has 0 bridgehead atoms. The molecule has 2 N–H and O–H groups in total. The lowest BCUT2D eigenvalue weighted by Gasteiger charge is -2.29. The molecule has 2 rings (SSSR count). The van der Waals surface area contributed by atoms with E-state index in [1.54, 1.807) is 0 Å². The standard InChI is InChI=1S/C15H21BrN2O3/c1-9(2)21-13-7-11(16)6-12(8-13)18-15(19)14-10(3)20-5-4-17-14/h6-10,14,17H,4-5H2,1-3H3,(H,18,19)/t10-,14+/m1/s1. The van der Waals surface area contributed by atoms with Crippen molar-refractivity contribution in [2.75, 3.05) is 18.5 Å². The molecule has 1 heterocycles. The summed E-state index contributed by atoms with van der Waals surface area (Å²) in [5.74, 6) is 0.617. The molecule has 1 aliphatic rings. The lowest BCUT2D eigenvalue weighted by Crippen LogP contribution is -2.53. The molecule has 6 heteroatoms. The smallest absolute Gasteiger partial charge is 0.244 e. The molecule has 1 aromatic rings. The Labute approximate surface area is 133 Å². The van der Waals surface area contributed by atoms with Gasteiger partial charge in [0.05, 0.1) is 18.8 Å². The maximum Gasteiger partial charge on any atom is 0.244 e. The summed E-state index contributed by atoms with van der Waals surface area (Å²) in [5, 5.41) is 6.08. The molecule has 0 unspecified atom stereocenters. The fourth-order valence-electron chi connectivity index (χ4n) is 2.22. The zero-order chi connectivity index (χ0) is 15.4. The lowest BCUT2D eigenvalue weighted by molar-refractivity contribution is -0.123. The van der Waals surface area contributed by atoms with Crippen molar-refractivity contribution in [3.63, 3.8) is 0 Å². The van der Waals surface area contributed by atoms with Crippen LogP contribution in [-0.4, -0.2) is 37.3 Å². The number of amides is 1. The van der Waals surface area contributed by atoms with Crippen LogP contribution in [0, 0.1) is 0 Å². The Kier molecular flexibility index (Phi) is 5.61. The van der Waals surface area contributed by atoms with Crippen LogP contribution in [0.2, 0.25) is 0 Å². The maximum atomic E-state index is 12.3. The van der Waals surface area contributed by atoms with Crippen LogP contribution in [0.3, 0.4) is 0 Å². The highest BCUT2D eigenvalue weighted by molar-refractivity contribution is 9.10. The van der Waals surface area contributed by atoms with E-state index in [4.69, 9.17) is 9.47 Å². The Morgan fingerprint density at radius 3 is 2.90 bits per heavy atom. The normalized spacial score (nSPS) is 22.1. The van der Waals surface area contributed by atoms with Crippen molar-refractivity contribution in [1.82, 2.24) is 5.32 Å². The first-order chi connectivity index (χ1) is 9.95. The van der Waals surface area contributed by atoms with Gasteiger partial charge >= 0.3 is 0 Å². The average molecular weight is 357 g/mol. The molecule has 1 saturated heterocycles. The quantitative estimate of drug-likeness (QED) is 0.870. The number of nitrogens with one attached hydrogen (secondary N) is 2. The van der Waals surface area contributed by atoms with Gasteiger partial charge in [0.25, 0.3) is 0 Å². The second-order valence-corrected chi connectivity index (χ2v) is 6.25. The Hall–Kier alpha value is -1.11. The van der Waals surface area contributed by atoms with Crippen molar-refractivity contribution in [2.45, 2.75) is 39.0 Å². The number of benzene rings is 1. The van der Waals surface area contributed by atoms with Crippen LogP contribution in [0.1, 0.15) is 20.8 Å². The van der Waals surface area contributed by atoms with E-state index in [9.17, 15) is 4.79 Å². The number of ether oxygens (including phenoxy) is 2. The van der Waals surface area contributed by atoms with Crippen molar-refractivity contribution < 1.29 is 14.3 Å². The second-order valence-electron chi connectivity index (χ2n) is 5.34. The van der Waals surface area contributed by atoms with Crippen LogP contribution in [0.5, 0.6) is 5.75 Å². The number of rotatable bonds is 4. The fourth-order valence-corrected chi connectivity index (χ4v) is 2.69. The average Bonchev–Trinajstić information content (AvgIpc) is 2.37. The Bertz CT molecular complexity index is 508. The van der Waals surface area contributed by atoms with Crippen molar-refractivity contribution >= 4 is 27.5 Å². The number of hydrogen-bond acceptors (Lipinski definition) is 4. The predicted molar refractivity (Wildman–Crippen MR) is 85.7 cm³/mol. The molecule has 0 aliphatic carbocycles. The molecule has 1 fully saturated rings. The van der Waals surface area contributed by atoms with E-state index in [-0.39, 0.29) is 24.2 Å². The third kappa shape index (κ3) is 4.69. The Morgan fingerprint density at radius 2 is 2.24 bits per heavy atom. The molecule has 116 valence electrons. The van der Waals surface area contributed by atoms with Gasteiger partial charge in [-0.2, -0.15) is 0 Å². The fraction of sp³-hybridized carbons (Fsp3) is 0.533. The molecule has 2 atom stereocenters. The number of halogens is 1. The minimum Gasteiger partial charge on any atom is -0.491 e. The number of anilines is 1. The summed E-state index contributed by atoms with van der Waals surface area (Å²) in [7, 11) is 0. The monoisotopic (exact) mass is 356 g/mol. The van der Waals surface area contributed by atoms with Crippen LogP contribution >= 0.6 is 15.9 Å². The summed E-state index contributed by atoms with van der Waals surface area (Å²) in [5.41, 5.74) is 0.699. The first kappa shape index (κ1) is 16.3. The number of morpholine rings is 1. The largest absolute Gasteiger partial charge is 0.491 e. The minimum absolute atomic E-state index is 0.0799. The van der Waals surface area contributed by atoms with Gasteiger partial charge in [-0.15, -0.1) is 0 Å². The summed E-state index contributed by atoms with van der Waals surface area (Å²) in [6, 6.07) is 5.20. The van der Waals surface area contributed by atoms with E-state index >= 15 is 0 Å². The van der Waals surface area contributed by atoms with E-state index in [0.29, 0.717) is 18.8 Å². The van der Waals surface area contributed by atoms with Crippen LogP contribution in [0.15, 0.2) is 22.7 Å². The lowest BCUT2D eigenvalue weighted by atomic mass is 10.1. The van der Waals surface area contributed by atoms with Crippen molar-refractivity contribution in [2.24, 2.45) is 0 Å².